The third-order valence-electron chi connectivity index (χ3n) is 6.26. The summed E-state index contributed by atoms with van der Waals surface area (Å²) in [7, 11) is 0. The van der Waals surface area contributed by atoms with Crippen molar-refractivity contribution in [3.8, 4) is 0 Å². The first-order chi connectivity index (χ1) is 13.5. The molecule has 2 rings (SSSR count). The summed E-state index contributed by atoms with van der Waals surface area (Å²) in [5.74, 6) is -2.67. The zero-order chi connectivity index (χ0) is 23.2. The topological polar surface area (TPSA) is 113 Å². The zero-order valence-corrected chi connectivity index (χ0v) is 19.3. The van der Waals surface area contributed by atoms with Crippen molar-refractivity contribution in [2.75, 3.05) is 0 Å². The third kappa shape index (κ3) is 4.95. The molecule has 0 aromatic rings. The van der Waals surface area contributed by atoms with Gasteiger partial charge in [-0.2, -0.15) is 0 Å². The van der Waals surface area contributed by atoms with Crippen LogP contribution in [0.25, 0.3) is 0 Å². The monoisotopic (exact) mass is 424 g/mol. The molecule has 1 saturated heterocycles. The molecule has 2 aliphatic rings. The molecule has 2 N–H and O–H groups in total. The Labute approximate surface area is 178 Å². The molecule has 0 bridgehead atoms. The molecule has 6 atom stereocenters. The van der Waals surface area contributed by atoms with E-state index in [1.165, 1.54) is 0 Å². The van der Waals surface area contributed by atoms with Gasteiger partial charge in [-0.3, -0.25) is 14.5 Å². The number of alkyl carbamates (subject to hydrolysis) is 1. The van der Waals surface area contributed by atoms with Crippen LogP contribution in [0.4, 0.5) is 4.79 Å². The lowest BCUT2D eigenvalue weighted by atomic mass is 9.69. The fraction of sp³-hybridized carbons (Fsp3) is 0.818. The Bertz CT molecular complexity index is 720. The SMILES string of the molecule is CC1C[C@@H]2[C@@H](C(=O)O)N(C(=O)[C@@H](NC(=O)OC(C)(C)C)C(C)(C)C)C(=O)[C@@H]2CC1C. The van der Waals surface area contributed by atoms with Crippen LogP contribution in [-0.2, 0) is 19.1 Å². The molecule has 0 aromatic heterocycles. The van der Waals surface area contributed by atoms with E-state index in [4.69, 9.17) is 4.74 Å². The molecule has 1 aliphatic carbocycles. The van der Waals surface area contributed by atoms with Crippen LogP contribution in [0.2, 0.25) is 0 Å². The molecular weight excluding hydrogens is 388 g/mol. The predicted molar refractivity (Wildman–Crippen MR) is 110 cm³/mol. The van der Waals surface area contributed by atoms with Crippen LogP contribution in [0, 0.1) is 29.1 Å². The van der Waals surface area contributed by atoms with Gasteiger partial charge in [0.15, 0.2) is 0 Å². The van der Waals surface area contributed by atoms with Crippen molar-refractivity contribution >= 4 is 23.9 Å². The number of fused-ring (bicyclic) bond motifs is 1. The maximum Gasteiger partial charge on any atom is 0.408 e. The second-order valence-corrected chi connectivity index (χ2v) is 11.0. The molecule has 1 saturated carbocycles. The number of carbonyl (C=O) groups is 4. The van der Waals surface area contributed by atoms with Crippen molar-refractivity contribution < 1.29 is 29.0 Å². The second-order valence-electron chi connectivity index (χ2n) is 11.0. The van der Waals surface area contributed by atoms with E-state index in [2.05, 4.69) is 19.2 Å². The van der Waals surface area contributed by atoms with Crippen LogP contribution in [0.15, 0.2) is 0 Å². The Morgan fingerprint density at radius 1 is 1.07 bits per heavy atom. The largest absolute Gasteiger partial charge is 0.480 e. The van der Waals surface area contributed by atoms with Gasteiger partial charge < -0.3 is 15.2 Å². The molecule has 0 spiro atoms. The highest BCUT2D eigenvalue weighted by molar-refractivity contribution is 6.05. The summed E-state index contributed by atoms with van der Waals surface area (Å²) >= 11 is 0. The van der Waals surface area contributed by atoms with E-state index in [0.717, 1.165) is 4.90 Å². The first-order valence-electron chi connectivity index (χ1n) is 10.6. The second kappa shape index (κ2) is 8.19. The van der Waals surface area contributed by atoms with Gasteiger partial charge in [-0.05, 0) is 50.9 Å². The zero-order valence-electron chi connectivity index (χ0n) is 19.3. The van der Waals surface area contributed by atoms with Gasteiger partial charge in [-0.15, -0.1) is 0 Å². The lowest BCUT2D eigenvalue weighted by Gasteiger charge is -2.35. The van der Waals surface area contributed by atoms with Gasteiger partial charge in [-0.1, -0.05) is 34.6 Å². The van der Waals surface area contributed by atoms with E-state index < -0.39 is 58.8 Å². The molecule has 170 valence electrons. The Balaban J connectivity index is 2.37. The fourth-order valence-electron chi connectivity index (χ4n) is 4.53. The Morgan fingerprint density at radius 2 is 1.60 bits per heavy atom. The average molecular weight is 425 g/mol. The number of likely N-dealkylation sites (tertiary alicyclic amines) is 1. The van der Waals surface area contributed by atoms with E-state index in [-0.39, 0.29) is 11.8 Å². The molecule has 3 amide bonds. The summed E-state index contributed by atoms with van der Waals surface area (Å²) in [4.78, 5) is 52.1. The van der Waals surface area contributed by atoms with Crippen molar-refractivity contribution in [2.45, 2.75) is 85.9 Å². The maximum absolute atomic E-state index is 13.5. The van der Waals surface area contributed by atoms with Gasteiger partial charge in [0.2, 0.25) is 5.91 Å². The highest BCUT2D eigenvalue weighted by atomic mass is 16.6. The minimum Gasteiger partial charge on any atom is -0.480 e. The van der Waals surface area contributed by atoms with Crippen LogP contribution < -0.4 is 5.32 Å². The van der Waals surface area contributed by atoms with E-state index >= 15 is 0 Å². The highest BCUT2D eigenvalue weighted by Crippen LogP contribution is 2.46. The number of hydrogen-bond donors (Lipinski definition) is 2. The number of hydrogen-bond acceptors (Lipinski definition) is 5. The summed E-state index contributed by atoms with van der Waals surface area (Å²) in [6.45, 7) is 14.5. The summed E-state index contributed by atoms with van der Waals surface area (Å²) in [6.07, 6.45) is 0.365. The molecule has 30 heavy (non-hydrogen) atoms. The van der Waals surface area contributed by atoms with Crippen LogP contribution in [0.5, 0.6) is 0 Å². The number of imide groups is 1. The van der Waals surface area contributed by atoms with E-state index in [0.29, 0.717) is 12.8 Å². The molecule has 2 fully saturated rings. The summed E-state index contributed by atoms with van der Waals surface area (Å²) in [5, 5.41) is 12.5. The lowest BCUT2D eigenvalue weighted by molar-refractivity contribution is -0.157. The molecule has 8 nitrogen and oxygen atoms in total. The number of ether oxygens (including phenoxy) is 1. The molecule has 0 radical (unpaired) electrons. The Kier molecular flexibility index (Phi) is 6.60. The first-order valence-corrected chi connectivity index (χ1v) is 10.6. The maximum atomic E-state index is 13.5. The molecule has 1 heterocycles. The van der Waals surface area contributed by atoms with Crippen LogP contribution in [0.1, 0.15) is 68.2 Å². The number of nitrogens with one attached hydrogen (secondary N) is 1. The predicted octanol–water partition coefficient (Wildman–Crippen LogP) is 3.05. The number of carboxylic acids is 1. The summed E-state index contributed by atoms with van der Waals surface area (Å²) < 4.78 is 5.28. The van der Waals surface area contributed by atoms with Crippen LogP contribution in [0.3, 0.4) is 0 Å². The molecule has 8 heteroatoms. The van der Waals surface area contributed by atoms with Crippen LogP contribution >= 0.6 is 0 Å². The van der Waals surface area contributed by atoms with Crippen molar-refractivity contribution in [3.63, 3.8) is 0 Å². The lowest BCUT2D eigenvalue weighted by Crippen LogP contribution is -2.58. The van der Waals surface area contributed by atoms with Crippen molar-refractivity contribution in [1.29, 1.82) is 0 Å². The summed E-state index contributed by atoms with van der Waals surface area (Å²) in [6, 6.07) is -2.32. The number of carbonyl (C=O) groups excluding carboxylic acids is 3. The Hall–Kier alpha value is -2.12. The molecule has 0 aromatic carbocycles. The number of amides is 3. The highest BCUT2D eigenvalue weighted by Gasteiger charge is 2.57. The van der Waals surface area contributed by atoms with E-state index in [9.17, 15) is 24.3 Å². The molecular formula is C22H36N2O6. The van der Waals surface area contributed by atoms with Crippen molar-refractivity contribution in [3.05, 3.63) is 0 Å². The number of aliphatic carboxylic acids is 1. The third-order valence-corrected chi connectivity index (χ3v) is 6.26. The van der Waals surface area contributed by atoms with Crippen LogP contribution in [-0.4, -0.2) is 51.6 Å². The fourth-order valence-corrected chi connectivity index (χ4v) is 4.53. The Morgan fingerprint density at radius 3 is 2.07 bits per heavy atom. The minimum atomic E-state index is -1.21. The van der Waals surface area contributed by atoms with Gasteiger partial charge in [-0.25, -0.2) is 9.59 Å². The number of carboxylic acid groups (broad SMARTS) is 1. The normalized spacial score (nSPS) is 30.5. The smallest absolute Gasteiger partial charge is 0.408 e. The number of nitrogens with zero attached hydrogens (tertiary/aromatic N) is 1. The summed E-state index contributed by atoms with van der Waals surface area (Å²) in [5.41, 5.74) is -1.52. The van der Waals surface area contributed by atoms with E-state index in [1.807, 2.05) is 0 Å². The van der Waals surface area contributed by atoms with Crippen molar-refractivity contribution in [1.82, 2.24) is 10.2 Å². The minimum absolute atomic E-state index is 0.272. The molecule has 2 unspecified atom stereocenters. The first kappa shape index (κ1) is 24.2. The quantitative estimate of drug-likeness (QED) is 0.720. The van der Waals surface area contributed by atoms with E-state index in [1.54, 1.807) is 41.5 Å². The van der Waals surface area contributed by atoms with Crippen molar-refractivity contribution in [2.24, 2.45) is 29.1 Å². The van der Waals surface area contributed by atoms with Gasteiger partial charge in [0.05, 0.1) is 0 Å². The van der Waals surface area contributed by atoms with Gasteiger partial charge in [0.25, 0.3) is 5.91 Å². The van der Waals surface area contributed by atoms with Gasteiger partial charge in [0, 0.05) is 11.8 Å². The average Bonchev–Trinajstić information content (AvgIpc) is 2.82. The standard InChI is InChI=1S/C22H36N2O6/c1-11-9-13-14(10-12(11)2)17(25)24(15(13)19(27)28)18(26)16(21(3,4)5)23-20(29)30-22(6,7)8/h11-16H,9-10H2,1-8H3,(H,23,29)(H,27,28)/t11?,12?,13-,14+,15-,16+/m0/s1. The number of rotatable bonds is 3. The van der Waals surface area contributed by atoms with Gasteiger partial charge in [0.1, 0.15) is 17.7 Å². The van der Waals surface area contributed by atoms with Gasteiger partial charge >= 0.3 is 12.1 Å². The molecule has 1 aliphatic heterocycles.